The summed E-state index contributed by atoms with van der Waals surface area (Å²) in [4.78, 5) is 28.9. The molecule has 4 rings (SSSR count). The summed E-state index contributed by atoms with van der Waals surface area (Å²) in [6.45, 7) is 0. The van der Waals surface area contributed by atoms with Crippen molar-refractivity contribution in [1.29, 1.82) is 0 Å². The summed E-state index contributed by atoms with van der Waals surface area (Å²) < 4.78 is 44.9. The summed E-state index contributed by atoms with van der Waals surface area (Å²) in [5.74, 6) is 0.625. The second-order valence-electron chi connectivity index (χ2n) is 8.58. The monoisotopic (exact) mass is 532 g/mol. The van der Waals surface area contributed by atoms with Crippen LogP contribution in [0.25, 0.3) is 0 Å². The quantitative estimate of drug-likeness (QED) is 0.312. The van der Waals surface area contributed by atoms with E-state index in [-0.39, 0.29) is 23.3 Å². The van der Waals surface area contributed by atoms with Crippen LogP contribution in [0, 0.1) is 0 Å². The molecule has 0 aliphatic heterocycles. The van der Waals surface area contributed by atoms with Gasteiger partial charge < -0.3 is 20.7 Å². The number of nitrogens with zero attached hydrogens (tertiary/aromatic N) is 1. The molecule has 194 valence electrons. The van der Waals surface area contributed by atoms with Gasteiger partial charge in [0.2, 0.25) is 0 Å². The van der Waals surface area contributed by atoms with Crippen LogP contribution in [0.1, 0.15) is 48.2 Å². The number of alkyl halides is 3. The Kier molecular flexibility index (Phi) is 8.17. The largest absolute Gasteiger partial charge is 0.457 e. The molecule has 1 aromatic heterocycles. The lowest BCUT2D eigenvalue weighted by molar-refractivity contribution is -0.137. The Morgan fingerprint density at radius 1 is 0.892 bits per heavy atom. The van der Waals surface area contributed by atoms with Crippen LogP contribution in [0.2, 0.25) is 5.02 Å². The molecule has 1 heterocycles. The van der Waals surface area contributed by atoms with Crippen molar-refractivity contribution in [2.24, 2.45) is 0 Å². The lowest BCUT2D eigenvalue weighted by Gasteiger charge is -2.22. The number of rotatable bonds is 6. The lowest BCUT2D eigenvalue weighted by Crippen LogP contribution is -2.36. The van der Waals surface area contributed by atoms with E-state index in [9.17, 15) is 22.8 Å². The fraction of sp³-hybridized carbons (Fsp3) is 0.269. The maximum atomic E-state index is 13.0. The molecular weight excluding hydrogens is 509 g/mol. The average molecular weight is 533 g/mol. The number of amides is 3. The number of hydrogen-bond acceptors (Lipinski definition) is 4. The van der Waals surface area contributed by atoms with Gasteiger partial charge in [-0.25, -0.2) is 4.79 Å². The van der Waals surface area contributed by atoms with E-state index in [1.165, 1.54) is 18.7 Å². The number of nitrogens with one attached hydrogen (secondary N) is 3. The Morgan fingerprint density at radius 3 is 2.27 bits per heavy atom. The van der Waals surface area contributed by atoms with Crippen LogP contribution in [-0.4, -0.2) is 23.0 Å². The molecule has 0 bridgehead atoms. The Hall–Kier alpha value is -3.79. The van der Waals surface area contributed by atoms with Gasteiger partial charge in [-0.15, -0.1) is 0 Å². The molecule has 3 amide bonds. The highest BCUT2D eigenvalue weighted by Crippen LogP contribution is 2.36. The molecule has 1 aliphatic carbocycles. The van der Waals surface area contributed by atoms with E-state index in [2.05, 4.69) is 20.9 Å². The number of carbonyl (C=O) groups is 2. The summed E-state index contributed by atoms with van der Waals surface area (Å²) >= 11 is 5.60. The van der Waals surface area contributed by atoms with E-state index in [1.807, 2.05) is 0 Å². The van der Waals surface area contributed by atoms with E-state index in [0.29, 0.717) is 17.2 Å². The predicted octanol–water partition coefficient (Wildman–Crippen LogP) is 7.25. The lowest BCUT2D eigenvalue weighted by atomic mass is 9.95. The van der Waals surface area contributed by atoms with E-state index < -0.39 is 22.8 Å². The van der Waals surface area contributed by atoms with Gasteiger partial charge in [-0.1, -0.05) is 30.9 Å². The van der Waals surface area contributed by atoms with Crippen molar-refractivity contribution >= 4 is 34.9 Å². The number of urea groups is 1. The molecule has 7 nitrogen and oxygen atoms in total. The zero-order valence-corrected chi connectivity index (χ0v) is 20.3. The van der Waals surface area contributed by atoms with Gasteiger partial charge >= 0.3 is 12.2 Å². The second-order valence-corrected chi connectivity index (χ2v) is 8.99. The normalized spacial score (nSPS) is 14.1. The molecule has 0 spiro atoms. The highest BCUT2D eigenvalue weighted by atomic mass is 35.5. The van der Waals surface area contributed by atoms with E-state index >= 15 is 0 Å². The molecule has 0 unspecified atom stereocenters. The number of aromatic nitrogens is 1. The van der Waals surface area contributed by atoms with Crippen LogP contribution in [0.4, 0.5) is 29.3 Å². The third-order valence-corrected chi connectivity index (χ3v) is 6.11. The van der Waals surface area contributed by atoms with Crippen LogP contribution in [-0.2, 0) is 6.18 Å². The smallest absolute Gasteiger partial charge is 0.417 e. The molecule has 11 heteroatoms. The Balaban J connectivity index is 1.33. The maximum Gasteiger partial charge on any atom is 0.417 e. The van der Waals surface area contributed by atoms with Crippen molar-refractivity contribution in [3.05, 3.63) is 77.1 Å². The number of anilines is 2. The molecule has 1 saturated carbocycles. The van der Waals surface area contributed by atoms with Crippen molar-refractivity contribution in [1.82, 2.24) is 10.3 Å². The van der Waals surface area contributed by atoms with Crippen LogP contribution < -0.4 is 20.7 Å². The molecule has 1 aliphatic rings. The average Bonchev–Trinajstić information content (AvgIpc) is 2.86. The van der Waals surface area contributed by atoms with Gasteiger partial charge in [0.1, 0.15) is 17.2 Å². The minimum atomic E-state index is -4.64. The topological polar surface area (TPSA) is 92.3 Å². The second kappa shape index (κ2) is 11.5. The molecule has 1 fully saturated rings. The van der Waals surface area contributed by atoms with Crippen molar-refractivity contribution in [2.75, 3.05) is 10.6 Å². The maximum absolute atomic E-state index is 13.0. The predicted molar refractivity (Wildman–Crippen MR) is 134 cm³/mol. The number of benzene rings is 2. The molecular formula is C26H24ClF3N4O3. The summed E-state index contributed by atoms with van der Waals surface area (Å²) in [6, 6.07) is 12.0. The fourth-order valence-electron chi connectivity index (χ4n) is 3.96. The van der Waals surface area contributed by atoms with Crippen molar-refractivity contribution < 1.29 is 27.5 Å². The molecule has 37 heavy (non-hydrogen) atoms. The van der Waals surface area contributed by atoms with Crippen molar-refractivity contribution in [3.63, 3.8) is 0 Å². The van der Waals surface area contributed by atoms with Gasteiger partial charge in [0.05, 0.1) is 10.6 Å². The zero-order valence-electron chi connectivity index (χ0n) is 19.6. The third kappa shape index (κ3) is 7.36. The summed E-state index contributed by atoms with van der Waals surface area (Å²) in [5, 5.41) is 7.44. The van der Waals surface area contributed by atoms with Crippen LogP contribution >= 0.6 is 11.6 Å². The van der Waals surface area contributed by atoms with Crippen LogP contribution in [0.15, 0.2) is 60.8 Å². The number of hydrogen-bond donors (Lipinski definition) is 3. The van der Waals surface area contributed by atoms with Gasteiger partial charge in [-0.2, -0.15) is 13.2 Å². The molecule has 3 N–H and O–H groups in total. The molecule has 0 atom stereocenters. The minimum Gasteiger partial charge on any atom is -0.457 e. The van der Waals surface area contributed by atoms with Crippen LogP contribution in [0.3, 0.4) is 0 Å². The Labute approximate surface area is 216 Å². The van der Waals surface area contributed by atoms with Gasteiger partial charge in [0.15, 0.2) is 0 Å². The highest BCUT2D eigenvalue weighted by Gasteiger charge is 2.33. The number of halogens is 4. The summed E-state index contributed by atoms with van der Waals surface area (Å²) in [7, 11) is 0. The first-order valence-electron chi connectivity index (χ1n) is 11.7. The molecule has 0 saturated heterocycles. The fourth-order valence-corrected chi connectivity index (χ4v) is 4.19. The summed E-state index contributed by atoms with van der Waals surface area (Å²) in [5.41, 5.74) is -0.458. The number of pyridine rings is 1. The van der Waals surface area contributed by atoms with Crippen LogP contribution in [0.5, 0.6) is 11.5 Å². The van der Waals surface area contributed by atoms with Gasteiger partial charge in [-0.3, -0.25) is 9.78 Å². The van der Waals surface area contributed by atoms with E-state index in [1.54, 1.807) is 36.4 Å². The first kappa shape index (κ1) is 26.3. The van der Waals surface area contributed by atoms with Crippen molar-refractivity contribution in [2.45, 2.75) is 44.3 Å². The molecule has 0 radical (unpaired) electrons. The third-order valence-electron chi connectivity index (χ3n) is 5.78. The SMILES string of the molecule is O=C(Nc1ccc(Oc2ccnc(C(=O)NC3CCCCC3)c2)cc1)Nc1ccc(Cl)c(C(F)(F)F)c1. The first-order chi connectivity index (χ1) is 17.7. The summed E-state index contributed by atoms with van der Waals surface area (Å²) in [6.07, 6.45) is 2.19. The molecule has 2 aromatic carbocycles. The first-order valence-corrected chi connectivity index (χ1v) is 12.0. The Bertz CT molecular complexity index is 1260. The Morgan fingerprint density at radius 2 is 1.57 bits per heavy atom. The molecule has 3 aromatic rings. The zero-order chi connectivity index (χ0) is 26.4. The van der Waals surface area contributed by atoms with Crippen molar-refractivity contribution in [3.8, 4) is 11.5 Å². The van der Waals surface area contributed by atoms with Gasteiger partial charge in [-0.05, 0) is 61.4 Å². The van der Waals surface area contributed by atoms with Gasteiger partial charge in [0.25, 0.3) is 5.91 Å². The number of ether oxygens (including phenoxy) is 1. The highest BCUT2D eigenvalue weighted by molar-refractivity contribution is 6.31. The van der Waals surface area contributed by atoms with Gasteiger partial charge in [0, 0.05) is 29.7 Å². The standard InChI is InChI=1S/C26H24ClF3N4O3/c27-22-11-8-18(14-21(22)26(28,29)30)34-25(36)33-17-6-9-19(10-7-17)37-20-12-13-31-23(15-20)24(35)32-16-4-2-1-3-5-16/h6-16H,1-5H2,(H,32,35)(H2,33,34,36). The minimum absolute atomic E-state index is 0.0600. The van der Waals surface area contributed by atoms with E-state index in [4.69, 9.17) is 16.3 Å². The van der Waals surface area contributed by atoms with E-state index in [0.717, 1.165) is 37.8 Å². The number of carbonyl (C=O) groups excluding carboxylic acids is 2.